The van der Waals surface area contributed by atoms with E-state index in [2.05, 4.69) is 155 Å². The molecule has 4 aromatic carbocycles. The Morgan fingerprint density at radius 1 is 0.647 bits per heavy atom. The Bertz CT molecular complexity index is 1750. The SMILES string of the molecule is CCOC(=O)[C@H]1[C@@H](c2cccc3ccccc23)N1C(c1cc(C(C)(C)C)c(OC)c(C(C)(C)C)c1)c1cc(C(C)(C)C)c(OC)c(C(C)(C)C)c1. The predicted octanol–water partition coefficient (Wildman–Crippen LogP) is 11.1. The van der Waals surface area contributed by atoms with Gasteiger partial charge in [-0.3, -0.25) is 9.69 Å². The van der Waals surface area contributed by atoms with Crippen LogP contribution in [0.4, 0.5) is 0 Å². The number of benzene rings is 4. The summed E-state index contributed by atoms with van der Waals surface area (Å²) in [5.74, 6) is 1.66. The number of methoxy groups -OCH3 is 2. The number of hydrogen-bond donors (Lipinski definition) is 0. The quantitative estimate of drug-likeness (QED) is 0.136. The molecule has 0 bridgehead atoms. The molecule has 1 fully saturated rings. The van der Waals surface area contributed by atoms with E-state index in [1.165, 1.54) is 0 Å². The number of esters is 1. The van der Waals surface area contributed by atoms with Crippen molar-refractivity contribution in [2.24, 2.45) is 0 Å². The highest BCUT2D eigenvalue weighted by Gasteiger charge is 2.59. The summed E-state index contributed by atoms with van der Waals surface area (Å²) >= 11 is 0. The second kappa shape index (κ2) is 13.6. The van der Waals surface area contributed by atoms with Gasteiger partial charge in [0.25, 0.3) is 0 Å². The number of nitrogens with zero attached hydrogens (tertiary/aromatic N) is 1. The average molecular weight is 692 g/mol. The molecule has 5 nitrogen and oxygen atoms in total. The third-order valence-electron chi connectivity index (χ3n) is 10.3. The molecule has 5 heteroatoms. The molecular weight excluding hydrogens is 631 g/mol. The highest BCUT2D eigenvalue weighted by atomic mass is 16.5. The zero-order valence-corrected chi connectivity index (χ0v) is 33.9. The van der Waals surface area contributed by atoms with Crippen molar-refractivity contribution in [3.63, 3.8) is 0 Å². The van der Waals surface area contributed by atoms with E-state index in [0.29, 0.717) is 6.61 Å². The van der Waals surface area contributed by atoms with Gasteiger partial charge in [0.05, 0.1) is 32.9 Å². The third kappa shape index (κ3) is 7.42. The molecule has 0 aliphatic carbocycles. The zero-order valence-electron chi connectivity index (χ0n) is 33.9. The van der Waals surface area contributed by atoms with E-state index in [4.69, 9.17) is 14.2 Å². The first-order chi connectivity index (χ1) is 23.6. The van der Waals surface area contributed by atoms with Gasteiger partial charge < -0.3 is 14.2 Å². The number of rotatable bonds is 8. The molecule has 0 aromatic heterocycles. The van der Waals surface area contributed by atoms with E-state index in [0.717, 1.165) is 61.2 Å². The van der Waals surface area contributed by atoms with Crippen molar-refractivity contribution in [3.8, 4) is 11.5 Å². The molecule has 5 rings (SSSR count). The minimum atomic E-state index is -0.461. The lowest BCUT2D eigenvalue weighted by Crippen LogP contribution is -2.25. The molecule has 1 aliphatic heterocycles. The van der Waals surface area contributed by atoms with Crippen molar-refractivity contribution in [2.45, 2.75) is 130 Å². The van der Waals surface area contributed by atoms with Crippen LogP contribution in [0.25, 0.3) is 10.8 Å². The number of ether oxygens (including phenoxy) is 3. The number of carbonyl (C=O) groups is 1. The van der Waals surface area contributed by atoms with Gasteiger partial charge in [0.2, 0.25) is 0 Å². The first kappa shape index (κ1) is 38.4. The molecule has 1 saturated heterocycles. The van der Waals surface area contributed by atoms with Crippen molar-refractivity contribution in [1.29, 1.82) is 0 Å². The Kier molecular flexibility index (Phi) is 10.3. The van der Waals surface area contributed by atoms with Crippen molar-refractivity contribution in [1.82, 2.24) is 4.90 Å². The fourth-order valence-corrected chi connectivity index (χ4v) is 7.71. The Labute approximate surface area is 307 Å². The Balaban J connectivity index is 1.93. The maximum Gasteiger partial charge on any atom is 0.325 e. The number of fused-ring (bicyclic) bond motifs is 1. The molecule has 0 saturated carbocycles. The topological polar surface area (TPSA) is 47.8 Å². The van der Waals surface area contributed by atoms with Crippen LogP contribution in [0.5, 0.6) is 11.5 Å². The molecule has 0 N–H and O–H groups in total. The minimum absolute atomic E-state index is 0.184. The van der Waals surface area contributed by atoms with Crippen LogP contribution in [-0.4, -0.2) is 37.7 Å². The summed E-state index contributed by atoms with van der Waals surface area (Å²) in [6.07, 6.45) is 0. The van der Waals surface area contributed by atoms with Crippen LogP contribution in [0.1, 0.15) is 141 Å². The fraction of sp³-hybridized carbons (Fsp3) is 0.500. The van der Waals surface area contributed by atoms with Crippen molar-refractivity contribution in [3.05, 3.63) is 106 Å². The molecule has 0 radical (unpaired) electrons. The molecule has 274 valence electrons. The van der Waals surface area contributed by atoms with Gasteiger partial charge in [-0.25, -0.2) is 0 Å². The number of hydrogen-bond acceptors (Lipinski definition) is 5. The van der Waals surface area contributed by atoms with Crippen LogP contribution in [0, 0.1) is 0 Å². The summed E-state index contributed by atoms with van der Waals surface area (Å²) in [6, 6.07) is 23.3. The highest BCUT2D eigenvalue weighted by molar-refractivity contribution is 5.89. The van der Waals surface area contributed by atoms with Crippen LogP contribution in [0.3, 0.4) is 0 Å². The van der Waals surface area contributed by atoms with E-state index in [9.17, 15) is 4.79 Å². The molecule has 1 heterocycles. The summed E-state index contributed by atoms with van der Waals surface area (Å²) in [6.45, 7) is 29.2. The summed E-state index contributed by atoms with van der Waals surface area (Å²) in [7, 11) is 3.56. The van der Waals surface area contributed by atoms with Crippen LogP contribution < -0.4 is 9.47 Å². The van der Waals surface area contributed by atoms with E-state index in [1.54, 1.807) is 14.2 Å². The lowest BCUT2D eigenvalue weighted by molar-refractivity contribution is -0.143. The van der Waals surface area contributed by atoms with Gasteiger partial charge in [0, 0.05) is 22.3 Å². The summed E-state index contributed by atoms with van der Waals surface area (Å²) < 4.78 is 18.3. The van der Waals surface area contributed by atoms with Crippen LogP contribution >= 0.6 is 0 Å². The molecule has 1 unspecified atom stereocenters. The van der Waals surface area contributed by atoms with Crippen molar-refractivity contribution < 1.29 is 19.0 Å². The predicted molar refractivity (Wildman–Crippen MR) is 212 cm³/mol. The van der Waals surface area contributed by atoms with Crippen molar-refractivity contribution >= 4 is 16.7 Å². The molecule has 0 amide bonds. The lowest BCUT2D eigenvalue weighted by atomic mass is 9.75. The largest absolute Gasteiger partial charge is 0.496 e. The summed E-state index contributed by atoms with van der Waals surface area (Å²) in [4.78, 5) is 16.5. The van der Waals surface area contributed by atoms with Crippen LogP contribution in [0.15, 0.2) is 66.7 Å². The second-order valence-electron chi connectivity index (χ2n) is 18.4. The standard InChI is InChI=1S/C46H61NO4/c1-16-51-42(48)39-38(32-23-19-21-28-20-17-18-22-31(28)32)47(39)37(29-24-33(43(2,3)4)40(49-14)34(25-29)44(5,6)7)30-26-35(45(8,9)10)41(50-15)36(27-30)46(11,12)13/h17-27,37-39H,16H2,1-15H3/t38-,39-,47?/m1/s1. The van der Waals surface area contributed by atoms with Crippen LogP contribution in [0.2, 0.25) is 0 Å². The maximum absolute atomic E-state index is 14.1. The lowest BCUT2D eigenvalue weighted by Gasteiger charge is -2.34. The minimum Gasteiger partial charge on any atom is -0.496 e. The second-order valence-corrected chi connectivity index (χ2v) is 18.4. The zero-order chi connectivity index (χ0) is 37.8. The van der Waals surface area contributed by atoms with Gasteiger partial charge in [-0.1, -0.05) is 126 Å². The van der Waals surface area contributed by atoms with Crippen LogP contribution in [-0.2, 0) is 31.2 Å². The fourth-order valence-electron chi connectivity index (χ4n) is 7.71. The van der Waals surface area contributed by atoms with Crippen molar-refractivity contribution in [2.75, 3.05) is 20.8 Å². The Morgan fingerprint density at radius 3 is 1.45 bits per heavy atom. The third-order valence-corrected chi connectivity index (χ3v) is 10.3. The van der Waals surface area contributed by atoms with Gasteiger partial charge in [-0.2, -0.15) is 0 Å². The van der Waals surface area contributed by atoms with E-state index in [-0.39, 0.29) is 39.7 Å². The molecule has 1 aliphatic rings. The Morgan fingerprint density at radius 2 is 1.06 bits per heavy atom. The van der Waals surface area contributed by atoms with Gasteiger partial charge in [-0.05, 0) is 80.3 Å². The summed E-state index contributed by atoms with van der Waals surface area (Å²) in [5.41, 5.74) is 7.19. The van der Waals surface area contributed by atoms with E-state index < -0.39 is 6.04 Å². The van der Waals surface area contributed by atoms with Gasteiger partial charge in [0.1, 0.15) is 17.5 Å². The van der Waals surface area contributed by atoms with Gasteiger partial charge in [-0.15, -0.1) is 0 Å². The Hall–Kier alpha value is -3.83. The normalized spacial score (nSPS) is 18.2. The molecule has 4 aromatic rings. The average Bonchev–Trinajstić information content (AvgIpc) is 3.77. The maximum atomic E-state index is 14.1. The smallest absolute Gasteiger partial charge is 0.325 e. The first-order valence-electron chi connectivity index (χ1n) is 18.5. The highest BCUT2D eigenvalue weighted by Crippen LogP contribution is 2.56. The number of carbonyl (C=O) groups excluding carboxylic acids is 1. The molecule has 0 spiro atoms. The molecule has 3 atom stereocenters. The summed E-state index contributed by atoms with van der Waals surface area (Å²) in [5, 5.41) is 2.31. The van der Waals surface area contributed by atoms with Gasteiger partial charge >= 0.3 is 5.97 Å². The monoisotopic (exact) mass is 691 g/mol. The van der Waals surface area contributed by atoms with E-state index in [1.807, 2.05) is 6.92 Å². The molecule has 51 heavy (non-hydrogen) atoms. The molecular formula is C46H61NO4. The first-order valence-corrected chi connectivity index (χ1v) is 18.5. The van der Waals surface area contributed by atoms with Gasteiger partial charge in [0.15, 0.2) is 0 Å². The van der Waals surface area contributed by atoms with E-state index >= 15 is 0 Å².